The van der Waals surface area contributed by atoms with E-state index in [0.29, 0.717) is 6.07 Å². The lowest BCUT2D eigenvalue weighted by molar-refractivity contribution is -0.147. The number of ether oxygens (including phenoxy) is 1. The van der Waals surface area contributed by atoms with Crippen molar-refractivity contribution in [1.82, 2.24) is 0 Å². The Hall–Kier alpha value is -2.27. The monoisotopic (exact) mass is 261 g/mol. The molecule has 0 aliphatic carbocycles. The Bertz CT molecular complexity index is 513. The Morgan fingerprint density at radius 3 is 2.50 bits per heavy atom. The van der Waals surface area contributed by atoms with Gasteiger partial charge in [0.1, 0.15) is 11.9 Å². The number of benzene rings is 1. The van der Waals surface area contributed by atoms with Crippen LogP contribution in [0.5, 0.6) is 5.75 Å². The van der Waals surface area contributed by atoms with Crippen LogP contribution >= 0.6 is 0 Å². The molecular formula is C10H6F3NO4. The first-order valence-electron chi connectivity index (χ1n) is 4.46. The second-order valence-electron chi connectivity index (χ2n) is 3.07. The summed E-state index contributed by atoms with van der Waals surface area (Å²) in [5.41, 5.74) is -1.52. The molecule has 0 amide bonds. The van der Waals surface area contributed by atoms with Crippen LogP contribution in [0.2, 0.25) is 0 Å². The number of aliphatic carboxylic acids is 1. The lowest BCUT2D eigenvalue weighted by Crippen LogP contribution is -2.16. The summed E-state index contributed by atoms with van der Waals surface area (Å²) >= 11 is 0. The minimum Gasteiger partial charge on any atom is -0.479 e. The predicted octanol–water partition coefficient (Wildman–Crippen LogP) is 1.42. The van der Waals surface area contributed by atoms with Crippen LogP contribution in [0.4, 0.5) is 13.2 Å². The van der Waals surface area contributed by atoms with Gasteiger partial charge in [-0.3, -0.25) is 0 Å². The highest BCUT2D eigenvalue weighted by Crippen LogP contribution is 2.32. The van der Waals surface area contributed by atoms with E-state index in [1.165, 1.54) is 6.07 Å². The fourth-order valence-electron chi connectivity index (χ4n) is 1.26. The average molecular weight is 261 g/mol. The van der Waals surface area contributed by atoms with Crippen molar-refractivity contribution in [2.24, 2.45) is 0 Å². The molecule has 0 aliphatic heterocycles. The number of hydrogen-bond acceptors (Lipinski definition) is 4. The van der Waals surface area contributed by atoms with Crippen LogP contribution in [0.3, 0.4) is 0 Å². The quantitative estimate of drug-likeness (QED) is 0.855. The minimum absolute atomic E-state index is 0.507. The van der Waals surface area contributed by atoms with Gasteiger partial charge in [0.25, 0.3) is 0 Å². The molecule has 8 heteroatoms. The van der Waals surface area contributed by atoms with Crippen LogP contribution < -0.4 is 4.74 Å². The van der Waals surface area contributed by atoms with Gasteiger partial charge < -0.3 is 14.9 Å². The van der Waals surface area contributed by atoms with E-state index in [9.17, 15) is 23.1 Å². The lowest BCUT2D eigenvalue weighted by atomic mass is 10.0. The van der Waals surface area contributed by atoms with E-state index in [-0.39, 0.29) is 0 Å². The molecule has 1 aromatic carbocycles. The first-order chi connectivity index (χ1) is 8.38. The Kier molecular flexibility index (Phi) is 4.12. The van der Waals surface area contributed by atoms with Crippen LogP contribution in [-0.2, 0) is 4.79 Å². The fourth-order valence-corrected chi connectivity index (χ4v) is 1.26. The van der Waals surface area contributed by atoms with Gasteiger partial charge in [-0.05, 0) is 12.1 Å². The van der Waals surface area contributed by atoms with Gasteiger partial charge in [0, 0.05) is 0 Å². The zero-order chi connectivity index (χ0) is 13.9. The maximum Gasteiger partial charge on any atom is 0.387 e. The Balaban J connectivity index is 3.46. The van der Waals surface area contributed by atoms with Gasteiger partial charge in [-0.1, -0.05) is 0 Å². The van der Waals surface area contributed by atoms with Gasteiger partial charge >= 0.3 is 12.6 Å². The molecule has 1 unspecified atom stereocenters. The van der Waals surface area contributed by atoms with Gasteiger partial charge in [-0.15, -0.1) is 0 Å². The van der Waals surface area contributed by atoms with Crippen LogP contribution in [0.1, 0.15) is 17.2 Å². The van der Waals surface area contributed by atoms with Crippen LogP contribution in [0, 0.1) is 17.1 Å². The summed E-state index contributed by atoms with van der Waals surface area (Å²) < 4.78 is 41.5. The summed E-state index contributed by atoms with van der Waals surface area (Å²) in [4.78, 5) is 10.5. The highest BCUT2D eigenvalue weighted by molar-refractivity contribution is 5.76. The average Bonchev–Trinajstić information content (AvgIpc) is 2.28. The summed E-state index contributed by atoms with van der Waals surface area (Å²) in [7, 11) is 0. The van der Waals surface area contributed by atoms with E-state index < -0.39 is 41.4 Å². The molecule has 96 valence electrons. The topological polar surface area (TPSA) is 90.5 Å². The smallest absolute Gasteiger partial charge is 0.387 e. The lowest BCUT2D eigenvalue weighted by Gasteiger charge is -2.15. The van der Waals surface area contributed by atoms with E-state index in [1.807, 2.05) is 0 Å². The Morgan fingerprint density at radius 1 is 1.44 bits per heavy atom. The zero-order valence-corrected chi connectivity index (χ0v) is 8.60. The zero-order valence-electron chi connectivity index (χ0n) is 8.60. The number of rotatable bonds is 4. The molecule has 5 nitrogen and oxygen atoms in total. The predicted molar refractivity (Wildman–Crippen MR) is 50.3 cm³/mol. The van der Waals surface area contributed by atoms with E-state index in [2.05, 4.69) is 4.74 Å². The third-order valence-electron chi connectivity index (χ3n) is 1.98. The Morgan fingerprint density at radius 2 is 2.06 bits per heavy atom. The summed E-state index contributed by atoms with van der Waals surface area (Å²) in [5, 5.41) is 26.4. The van der Waals surface area contributed by atoms with Crippen molar-refractivity contribution in [1.29, 1.82) is 5.26 Å². The van der Waals surface area contributed by atoms with Crippen molar-refractivity contribution < 1.29 is 32.9 Å². The molecular weight excluding hydrogens is 255 g/mol. The van der Waals surface area contributed by atoms with Gasteiger partial charge in [-0.25, -0.2) is 9.18 Å². The van der Waals surface area contributed by atoms with Crippen molar-refractivity contribution in [2.45, 2.75) is 12.7 Å². The number of carboxylic acid groups (broad SMARTS) is 1. The van der Waals surface area contributed by atoms with Crippen molar-refractivity contribution in [3.8, 4) is 11.8 Å². The number of halogens is 3. The number of alkyl halides is 2. The maximum atomic E-state index is 13.4. The number of nitrogens with zero attached hydrogens (tertiary/aromatic N) is 1. The fraction of sp³-hybridized carbons (Fsp3) is 0.200. The summed E-state index contributed by atoms with van der Waals surface area (Å²) in [5.74, 6) is -4.11. The number of carbonyl (C=O) groups is 1. The third kappa shape index (κ3) is 2.70. The molecule has 0 spiro atoms. The van der Waals surface area contributed by atoms with Gasteiger partial charge in [0.05, 0.1) is 11.1 Å². The standard InChI is InChI=1S/C10H6F3NO4/c11-5-2-1-4(3-14)8(18-10(12)13)6(5)7(15)9(16)17/h1-2,7,10,15H,(H,16,17). The molecule has 0 bridgehead atoms. The first kappa shape index (κ1) is 13.8. The van der Waals surface area contributed by atoms with E-state index in [4.69, 9.17) is 10.4 Å². The molecule has 1 aromatic rings. The van der Waals surface area contributed by atoms with Crippen LogP contribution in [0.15, 0.2) is 12.1 Å². The molecule has 0 saturated heterocycles. The highest BCUT2D eigenvalue weighted by Gasteiger charge is 2.28. The molecule has 1 atom stereocenters. The maximum absolute atomic E-state index is 13.4. The molecule has 0 aliphatic rings. The van der Waals surface area contributed by atoms with Crippen LogP contribution in [0.25, 0.3) is 0 Å². The highest BCUT2D eigenvalue weighted by atomic mass is 19.3. The number of carboxylic acids is 1. The molecule has 1 rings (SSSR count). The van der Waals surface area contributed by atoms with E-state index in [1.54, 1.807) is 0 Å². The van der Waals surface area contributed by atoms with Gasteiger partial charge in [0.15, 0.2) is 11.9 Å². The van der Waals surface area contributed by atoms with E-state index in [0.717, 1.165) is 6.07 Å². The molecule has 0 heterocycles. The second kappa shape index (κ2) is 5.37. The number of hydrogen-bond donors (Lipinski definition) is 2. The second-order valence-corrected chi connectivity index (χ2v) is 3.07. The van der Waals surface area contributed by atoms with E-state index >= 15 is 0 Å². The molecule has 0 fully saturated rings. The van der Waals surface area contributed by atoms with Gasteiger partial charge in [0.2, 0.25) is 0 Å². The SMILES string of the molecule is N#Cc1ccc(F)c(C(O)C(=O)O)c1OC(F)F. The number of nitriles is 1. The van der Waals surface area contributed by atoms with Crippen molar-refractivity contribution in [2.75, 3.05) is 0 Å². The van der Waals surface area contributed by atoms with Crippen molar-refractivity contribution in [3.63, 3.8) is 0 Å². The normalized spacial score (nSPS) is 12.0. The van der Waals surface area contributed by atoms with Crippen LogP contribution in [-0.4, -0.2) is 22.8 Å². The van der Waals surface area contributed by atoms with Gasteiger partial charge in [-0.2, -0.15) is 14.0 Å². The first-order valence-corrected chi connectivity index (χ1v) is 4.46. The molecule has 18 heavy (non-hydrogen) atoms. The van der Waals surface area contributed by atoms with Crippen molar-refractivity contribution in [3.05, 3.63) is 29.1 Å². The summed E-state index contributed by atoms with van der Waals surface area (Å²) in [6, 6.07) is 2.95. The summed E-state index contributed by atoms with van der Waals surface area (Å²) in [6.07, 6.45) is -2.41. The minimum atomic E-state index is -3.39. The molecule has 0 aromatic heterocycles. The number of aliphatic hydroxyl groups is 1. The molecule has 0 saturated carbocycles. The molecule has 0 radical (unpaired) electrons. The number of aliphatic hydroxyl groups excluding tert-OH is 1. The Labute approximate surface area is 98.6 Å². The van der Waals surface area contributed by atoms with Crippen molar-refractivity contribution >= 4 is 5.97 Å². The summed E-state index contributed by atoms with van der Waals surface area (Å²) in [6.45, 7) is -3.39. The molecule has 2 N–H and O–H groups in total. The third-order valence-corrected chi connectivity index (χ3v) is 1.98. The largest absolute Gasteiger partial charge is 0.479 e.